The maximum atomic E-state index is 13.1. The van der Waals surface area contributed by atoms with Crippen LogP contribution < -0.4 is 0 Å². The summed E-state index contributed by atoms with van der Waals surface area (Å²) in [5.41, 5.74) is 2.09. The Labute approximate surface area is 187 Å². The van der Waals surface area contributed by atoms with Crippen LogP contribution >= 0.6 is 0 Å². The van der Waals surface area contributed by atoms with Crippen molar-refractivity contribution in [2.75, 3.05) is 26.7 Å². The molecule has 1 fully saturated rings. The second-order valence-electron chi connectivity index (χ2n) is 7.92. The standard InChI is InChI=1S/C23H27FN2O5S/c1-17-5-3-4-6-19(17)15-25(2)22(27)16-31-23(28)18-11-13-26(14-12-18)32(29,30)21-9-7-20(24)8-10-21/h3-10,18H,11-16H2,1-2H3. The number of halogens is 1. The van der Waals surface area contributed by atoms with Gasteiger partial charge in [-0.2, -0.15) is 4.31 Å². The molecule has 0 radical (unpaired) electrons. The molecule has 1 aliphatic heterocycles. The van der Waals surface area contributed by atoms with Gasteiger partial charge in [0.05, 0.1) is 10.8 Å². The lowest BCUT2D eigenvalue weighted by Crippen LogP contribution is -2.41. The van der Waals surface area contributed by atoms with Crippen molar-refractivity contribution in [1.82, 2.24) is 9.21 Å². The fraction of sp³-hybridized carbons (Fsp3) is 0.391. The summed E-state index contributed by atoms with van der Waals surface area (Å²) < 4.78 is 44.9. The lowest BCUT2D eigenvalue weighted by Gasteiger charge is -2.30. The molecular formula is C23H27FN2O5S. The van der Waals surface area contributed by atoms with Crippen LogP contribution in [-0.2, 0) is 30.9 Å². The van der Waals surface area contributed by atoms with E-state index in [0.29, 0.717) is 19.4 Å². The van der Waals surface area contributed by atoms with Gasteiger partial charge in [-0.3, -0.25) is 9.59 Å². The number of carbonyl (C=O) groups excluding carboxylic acids is 2. The summed E-state index contributed by atoms with van der Waals surface area (Å²) in [4.78, 5) is 26.3. The predicted octanol–water partition coefficient (Wildman–Crippen LogP) is 2.74. The molecule has 0 aliphatic carbocycles. The second-order valence-corrected chi connectivity index (χ2v) is 9.85. The Hall–Kier alpha value is -2.78. The van der Waals surface area contributed by atoms with Crippen molar-refractivity contribution in [1.29, 1.82) is 0 Å². The monoisotopic (exact) mass is 462 g/mol. The molecule has 0 aromatic heterocycles. The fourth-order valence-corrected chi connectivity index (χ4v) is 5.05. The number of nitrogens with zero attached hydrogens (tertiary/aromatic N) is 2. The zero-order valence-corrected chi connectivity index (χ0v) is 19.0. The van der Waals surface area contributed by atoms with E-state index in [1.165, 1.54) is 21.3 Å². The maximum absolute atomic E-state index is 13.1. The molecule has 172 valence electrons. The molecule has 0 unspecified atom stereocenters. The van der Waals surface area contributed by atoms with E-state index in [1.807, 2.05) is 31.2 Å². The zero-order chi connectivity index (χ0) is 23.3. The molecule has 1 aliphatic rings. The summed E-state index contributed by atoms with van der Waals surface area (Å²) in [6, 6.07) is 12.4. The minimum atomic E-state index is -3.74. The Bertz CT molecular complexity index is 1060. The van der Waals surface area contributed by atoms with Crippen LogP contribution in [0, 0.1) is 18.7 Å². The molecule has 0 atom stereocenters. The average molecular weight is 463 g/mol. The van der Waals surface area contributed by atoms with Gasteiger partial charge in [0.2, 0.25) is 10.0 Å². The lowest BCUT2D eigenvalue weighted by atomic mass is 9.98. The molecule has 2 aromatic rings. The number of sulfonamides is 1. The van der Waals surface area contributed by atoms with Gasteiger partial charge < -0.3 is 9.64 Å². The molecule has 0 N–H and O–H groups in total. The van der Waals surface area contributed by atoms with Gasteiger partial charge in [-0.1, -0.05) is 24.3 Å². The van der Waals surface area contributed by atoms with Gasteiger partial charge in [0.1, 0.15) is 5.82 Å². The minimum Gasteiger partial charge on any atom is -0.455 e. The first-order valence-electron chi connectivity index (χ1n) is 10.4. The van der Waals surface area contributed by atoms with E-state index in [4.69, 9.17) is 4.74 Å². The van der Waals surface area contributed by atoms with Crippen LogP contribution in [0.25, 0.3) is 0 Å². The van der Waals surface area contributed by atoms with Gasteiger partial charge in [-0.25, -0.2) is 12.8 Å². The largest absolute Gasteiger partial charge is 0.455 e. The predicted molar refractivity (Wildman–Crippen MR) is 116 cm³/mol. The number of hydrogen-bond acceptors (Lipinski definition) is 5. The molecule has 2 aromatic carbocycles. The minimum absolute atomic E-state index is 0.0159. The van der Waals surface area contributed by atoms with Crippen LogP contribution in [0.1, 0.15) is 24.0 Å². The zero-order valence-electron chi connectivity index (χ0n) is 18.2. The molecule has 0 bridgehead atoms. The first kappa shape index (κ1) is 23.9. The van der Waals surface area contributed by atoms with Gasteiger partial charge in [0, 0.05) is 26.7 Å². The molecule has 9 heteroatoms. The molecule has 1 heterocycles. The Balaban J connectivity index is 1.47. The highest BCUT2D eigenvalue weighted by Gasteiger charge is 2.33. The van der Waals surface area contributed by atoms with E-state index in [2.05, 4.69) is 0 Å². The highest BCUT2D eigenvalue weighted by Crippen LogP contribution is 2.25. The normalized spacial score (nSPS) is 15.3. The van der Waals surface area contributed by atoms with Crippen LogP contribution in [0.2, 0.25) is 0 Å². The summed E-state index contributed by atoms with van der Waals surface area (Å²) in [7, 11) is -2.09. The van der Waals surface area contributed by atoms with Crippen molar-refractivity contribution < 1.29 is 27.1 Å². The van der Waals surface area contributed by atoms with E-state index in [0.717, 1.165) is 23.3 Å². The summed E-state index contributed by atoms with van der Waals surface area (Å²) in [5.74, 6) is -1.78. The smallest absolute Gasteiger partial charge is 0.309 e. The van der Waals surface area contributed by atoms with Crippen LogP contribution in [0.4, 0.5) is 4.39 Å². The second kappa shape index (κ2) is 10.2. The SMILES string of the molecule is Cc1ccccc1CN(C)C(=O)COC(=O)C1CCN(S(=O)(=O)c2ccc(F)cc2)CC1. The van der Waals surface area contributed by atoms with Crippen LogP contribution in [0.3, 0.4) is 0 Å². The Morgan fingerprint density at radius 2 is 1.72 bits per heavy atom. The first-order valence-corrected chi connectivity index (χ1v) is 11.8. The number of hydrogen-bond donors (Lipinski definition) is 0. The molecule has 0 saturated carbocycles. The van der Waals surface area contributed by atoms with Crippen LogP contribution in [0.5, 0.6) is 0 Å². The lowest BCUT2D eigenvalue weighted by molar-refractivity contribution is -0.156. The first-order chi connectivity index (χ1) is 15.2. The Morgan fingerprint density at radius 1 is 1.09 bits per heavy atom. The van der Waals surface area contributed by atoms with E-state index in [9.17, 15) is 22.4 Å². The summed E-state index contributed by atoms with van der Waals surface area (Å²) in [5, 5.41) is 0. The topological polar surface area (TPSA) is 84.0 Å². The number of likely N-dealkylation sites (N-methyl/N-ethyl adjacent to an activating group) is 1. The fourth-order valence-electron chi connectivity index (χ4n) is 3.58. The average Bonchev–Trinajstić information content (AvgIpc) is 2.79. The molecular weight excluding hydrogens is 435 g/mol. The molecule has 1 amide bonds. The number of aryl methyl sites for hydroxylation is 1. The third kappa shape index (κ3) is 5.72. The summed E-state index contributed by atoms with van der Waals surface area (Å²) in [6.45, 7) is 2.34. The van der Waals surface area contributed by atoms with Gasteiger partial charge in [-0.15, -0.1) is 0 Å². The Morgan fingerprint density at radius 3 is 2.34 bits per heavy atom. The highest BCUT2D eigenvalue weighted by atomic mass is 32.2. The van der Waals surface area contributed by atoms with Crippen molar-refractivity contribution in [3.8, 4) is 0 Å². The van der Waals surface area contributed by atoms with Crippen molar-refractivity contribution >= 4 is 21.9 Å². The number of piperidine rings is 1. The van der Waals surface area contributed by atoms with Gasteiger partial charge in [0.25, 0.3) is 5.91 Å². The van der Waals surface area contributed by atoms with E-state index in [-0.39, 0.29) is 30.5 Å². The number of benzene rings is 2. The third-order valence-corrected chi connectivity index (χ3v) is 7.58. The van der Waals surface area contributed by atoms with Gasteiger partial charge in [0.15, 0.2) is 6.61 Å². The molecule has 32 heavy (non-hydrogen) atoms. The van der Waals surface area contributed by atoms with Gasteiger partial charge in [-0.05, 0) is 55.2 Å². The van der Waals surface area contributed by atoms with E-state index >= 15 is 0 Å². The van der Waals surface area contributed by atoms with E-state index < -0.39 is 27.7 Å². The third-order valence-electron chi connectivity index (χ3n) is 5.67. The van der Waals surface area contributed by atoms with E-state index in [1.54, 1.807) is 7.05 Å². The van der Waals surface area contributed by atoms with Crippen molar-refractivity contribution in [3.63, 3.8) is 0 Å². The maximum Gasteiger partial charge on any atom is 0.309 e. The Kier molecular flexibility index (Phi) is 7.63. The number of ether oxygens (including phenoxy) is 1. The number of carbonyl (C=O) groups is 2. The van der Waals surface area contributed by atoms with Crippen LogP contribution in [-0.4, -0.2) is 56.2 Å². The molecule has 7 nitrogen and oxygen atoms in total. The van der Waals surface area contributed by atoms with Crippen LogP contribution in [0.15, 0.2) is 53.4 Å². The molecule has 1 saturated heterocycles. The highest BCUT2D eigenvalue weighted by molar-refractivity contribution is 7.89. The van der Waals surface area contributed by atoms with Crippen molar-refractivity contribution in [2.24, 2.45) is 5.92 Å². The summed E-state index contributed by atoms with van der Waals surface area (Å²) >= 11 is 0. The number of amides is 1. The van der Waals surface area contributed by atoms with Gasteiger partial charge >= 0.3 is 5.97 Å². The summed E-state index contributed by atoms with van der Waals surface area (Å²) in [6.07, 6.45) is 0.596. The van der Waals surface area contributed by atoms with Crippen molar-refractivity contribution in [3.05, 3.63) is 65.5 Å². The molecule has 0 spiro atoms. The molecule has 3 rings (SSSR count). The quantitative estimate of drug-likeness (QED) is 0.591. The number of esters is 1. The number of rotatable bonds is 7. The van der Waals surface area contributed by atoms with Crippen molar-refractivity contribution in [2.45, 2.75) is 31.2 Å².